The Labute approximate surface area is 120 Å². The van der Waals surface area contributed by atoms with E-state index < -0.39 is 4.92 Å². The van der Waals surface area contributed by atoms with Gasteiger partial charge in [0.2, 0.25) is 5.91 Å². The molecule has 1 fully saturated rings. The minimum Gasteiger partial charge on any atom is -0.358 e. The smallest absolute Gasteiger partial charge is 0.270 e. The SMILES string of the molecule is O=C1NCCCC1Nc1ccc2cc([N+](=O)[O-])ccc2n1. The van der Waals surface area contributed by atoms with E-state index in [1.165, 1.54) is 12.1 Å². The van der Waals surface area contributed by atoms with Crippen molar-refractivity contribution in [3.8, 4) is 0 Å². The molecule has 0 radical (unpaired) electrons. The number of piperidine rings is 1. The molecule has 1 unspecified atom stereocenters. The summed E-state index contributed by atoms with van der Waals surface area (Å²) in [5.74, 6) is 0.574. The van der Waals surface area contributed by atoms with Gasteiger partial charge in [-0.05, 0) is 31.0 Å². The molecule has 0 saturated carbocycles. The molecule has 0 aliphatic carbocycles. The Hall–Kier alpha value is -2.70. The van der Waals surface area contributed by atoms with Crippen LogP contribution in [0.25, 0.3) is 10.9 Å². The minimum absolute atomic E-state index is 0.0214. The third kappa shape index (κ3) is 2.76. The number of hydrogen-bond donors (Lipinski definition) is 2. The van der Waals surface area contributed by atoms with Gasteiger partial charge in [0.05, 0.1) is 10.4 Å². The van der Waals surface area contributed by atoms with Crippen molar-refractivity contribution in [2.45, 2.75) is 18.9 Å². The lowest BCUT2D eigenvalue weighted by atomic mass is 10.1. The topological polar surface area (TPSA) is 97.2 Å². The molecule has 0 bridgehead atoms. The van der Waals surface area contributed by atoms with Crippen LogP contribution in [0.3, 0.4) is 0 Å². The van der Waals surface area contributed by atoms with E-state index in [2.05, 4.69) is 15.6 Å². The highest BCUT2D eigenvalue weighted by atomic mass is 16.6. The number of nitrogens with one attached hydrogen (secondary N) is 2. The summed E-state index contributed by atoms with van der Waals surface area (Å²) in [5, 5.41) is 17.3. The monoisotopic (exact) mass is 286 g/mol. The van der Waals surface area contributed by atoms with Crippen molar-refractivity contribution in [3.05, 3.63) is 40.4 Å². The summed E-state index contributed by atoms with van der Waals surface area (Å²) in [7, 11) is 0. The summed E-state index contributed by atoms with van der Waals surface area (Å²) >= 11 is 0. The molecule has 7 heteroatoms. The van der Waals surface area contributed by atoms with Crippen molar-refractivity contribution in [2.24, 2.45) is 0 Å². The van der Waals surface area contributed by atoms with Crippen molar-refractivity contribution in [2.75, 3.05) is 11.9 Å². The highest BCUT2D eigenvalue weighted by Gasteiger charge is 2.21. The fourth-order valence-electron chi connectivity index (χ4n) is 2.40. The average molecular weight is 286 g/mol. The molecular formula is C14H14N4O3. The zero-order chi connectivity index (χ0) is 14.8. The number of hydrogen-bond acceptors (Lipinski definition) is 5. The predicted molar refractivity (Wildman–Crippen MR) is 78.1 cm³/mol. The minimum atomic E-state index is -0.433. The number of non-ortho nitro benzene ring substituents is 1. The molecule has 1 amide bonds. The second-order valence-electron chi connectivity index (χ2n) is 4.96. The van der Waals surface area contributed by atoms with Gasteiger partial charge in [0.15, 0.2) is 0 Å². The van der Waals surface area contributed by atoms with Gasteiger partial charge in [0, 0.05) is 24.1 Å². The zero-order valence-corrected chi connectivity index (χ0v) is 11.2. The normalized spacial score (nSPS) is 18.3. The number of carbonyl (C=O) groups excluding carboxylic acids is 1. The number of carbonyl (C=O) groups is 1. The van der Waals surface area contributed by atoms with Crippen molar-refractivity contribution < 1.29 is 9.72 Å². The first-order valence-electron chi connectivity index (χ1n) is 6.73. The number of nitrogens with zero attached hydrogens (tertiary/aromatic N) is 2. The second kappa shape index (κ2) is 5.35. The molecule has 3 rings (SSSR count). The first-order chi connectivity index (χ1) is 10.1. The molecule has 21 heavy (non-hydrogen) atoms. The van der Waals surface area contributed by atoms with E-state index in [9.17, 15) is 14.9 Å². The van der Waals surface area contributed by atoms with E-state index in [0.717, 1.165) is 12.8 Å². The number of anilines is 1. The highest BCUT2D eigenvalue weighted by molar-refractivity contribution is 5.86. The maximum atomic E-state index is 11.7. The van der Waals surface area contributed by atoms with Crippen molar-refractivity contribution in [1.82, 2.24) is 10.3 Å². The van der Waals surface area contributed by atoms with Crippen LogP contribution < -0.4 is 10.6 Å². The zero-order valence-electron chi connectivity index (χ0n) is 11.2. The van der Waals surface area contributed by atoms with Gasteiger partial charge >= 0.3 is 0 Å². The van der Waals surface area contributed by atoms with Crippen LogP contribution in [-0.4, -0.2) is 28.4 Å². The van der Waals surface area contributed by atoms with Gasteiger partial charge in [0.1, 0.15) is 11.9 Å². The summed E-state index contributed by atoms with van der Waals surface area (Å²) in [4.78, 5) is 26.4. The van der Waals surface area contributed by atoms with Crippen LogP contribution in [-0.2, 0) is 4.79 Å². The van der Waals surface area contributed by atoms with E-state index in [-0.39, 0.29) is 17.6 Å². The number of nitro groups is 1. The molecule has 108 valence electrons. The summed E-state index contributed by atoms with van der Waals surface area (Å²) in [6.45, 7) is 0.714. The van der Waals surface area contributed by atoms with Gasteiger partial charge in [-0.25, -0.2) is 4.98 Å². The summed E-state index contributed by atoms with van der Waals surface area (Å²) < 4.78 is 0. The molecule has 1 aliphatic rings. The van der Waals surface area contributed by atoms with Crippen LogP contribution in [0.4, 0.5) is 11.5 Å². The molecule has 0 spiro atoms. The fourth-order valence-corrected chi connectivity index (χ4v) is 2.40. The van der Waals surface area contributed by atoms with Crippen LogP contribution in [0.2, 0.25) is 0 Å². The maximum absolute atomic E-state index is 11.7. The number of benzene rings is 1. The highest BCUT2D eigenvalue weighted by Crippen LogP contribution is 2.21. The summed E-state index contributed by atoms with van der Waals surface area (Å²) in [5.41, 5.74) is 0.693. The van der Waals surface area contributed by atoms with Gasteiger partial charge in [-0.3, -0.25) is 14.9 Å². The molecule has 7 nitrogen and oxygen atoms in total. The number of pyridine rings is 1. The van der Waals surface area contributed by atoms with E-state index >= 15 is 0 Å². The van der Waals surface area contributed by atoms with Gasteiger partial charge in [0.25, 0.3) is 5.69 Å². The first-order valence-corrected chi connectivity index (χ1v) is 6.73. The molecule has 2 N–H and O–H groups in total. The predicted octanol–water partition coefficient (Wildman–Crippen LogP) is 1.83. The van der Waals surface area contributed by atoms with Crippen molar-refractivity contribution in [3.63, 3.8) is 0 Å². The van der Waals surface area contributed by atoms with Crippen molar-refractivity contribution in [1.29, 1.82) is 0 Å². The lowest BCUT2D eigenvalue weighted by Crippen LogP contribution is -2.44. The molecule has 2 heterocycles. The van der Waals surface area contributed by atoms with Gasteiger partial charge in [-0.2, -0.15) is 0 Å². The molecule has 1 saturated heterocycles. The van der Waals surface area contributed by atoms with Crippen LogP contribution in [0.1, 0.15) is 12.8 Å². The average Bonchev–Trinajstić information content (AvgIpc) is 2.49. The molecule has 2 aromatic rings. The van der Waals surface area contributed by atoms with Crippen LogP contribution >= 0.6 is 0 Å². The number of amides is 1. The van der Waals surface area contributed by atoms with E-state index in [1.807, 2.05) is 0 Å². The lowest BCUT2D eigenvalue weighted by Gasteiger charge is -2.23. The maximum Gasteiger partial charge on any atom is 0.270 e. The summed E-state index contributed by atoms with van der Waals surface area (Å²) in [6.07, 6.45) is 1.70. The van der Waals surface area contributed by atoms with Crippen LogP contribution in [0.5, 0.6) is 0 Å². The van der Waals surface area contributed by atoms with Crippen LogP contribution in [0.15, 0.2) is 30.3 Å². The standard InChI is InChI=1S/C14H14N4O3/c19-14-12(2-1-7-15-14)17-13-6-3-9-8-10(18(20)21)4-5-11(9)16-13/h3-6,8,12H,1-2,7H2,(H,15,19)(H,16,17). The van der Waals surface area contributed by atoms with Gasteiger partial charge in [-0.1, -0.05) is 0 Å². The first kappa shape index (κ1) is 13.3. The number of fused-ring (bicyclic) bond motifs is 1. The summed E-state index contributed by atoms with van der Waals surface area (Å²) in [6, 6.07) is 7.74. The third-order valence-corrected chi connectivity index (χ3v) is 3.49. The van der Waals surface area contributed by atoms with Crippen LogP contribution in [0, 0.1) is 10.1 Å². The van der Waals surface area contributed by atoms with E-state index in [1.54, 1.807) is 18.2 Å². The molecule has 1 aliphatic heterocycles. The Morgan fingerprint density at radius 2 is 2.19 bits per heavy atom. The fraction of sp³-hybridized carbons (Fsp3) is 0.286. The Morgan fingerprint density at radius 1 is 1.33 bits per heavy atom. The van der Waals surface area contributed by atoms with Crippen molar-refractivity contribution >= 4 is 28.3 Å². The quantitative estimate of drug-likeness (QED) is 0.662. The molecular weight excluding hydrogens is 272 g/mol. The number of nitro benzene ring substituents is 1. The number of rotatable bonds is 3. The Bertz CT molecular complexity index is 716. The Morgan fingerprint density at radius 3 is 2.95 bits per heavy atom. The Balaban J connectivity index is 1.85. The van der Waals surface area contributed by atoms with E-state index in [4.69, 9.17) is 0 Å². The molecule has 1 atom stereocenters. The van der Waals surface area contributed by atoms with Gasteiger partial charge < -0.3 is 10.6 Å². The molecule has 1 aromatic heterocycles. The lowest BCUT2D eigenvalue weighted by molar-refractivity contribution is -0.384. The Kier molecular flexibility index (Phi) is 3.39. The largest absolute Gasteiger partial charge is 0.358 e. The third-order valence-electron chi connectivity index (χ3n) is 3.49. The van der Waals surface area contributed by atoms with E-state index in [0.29, 0.717) is 23.3 Å². The molecule has 1 aromatic carbocycles. The second-order valence-corrected chi connectivity index (χ2v) is 4.96. The number of aromatic nitrogens is 1. The van der Waals surface area contributed by atoms with Gasteiger partial charge in [-0.15, -0.1) is 0 Å².